The molecule has 1 heterocycles. The molecule has 5 heteroatoms. The molecule has 0 aliphatic carbocycles. The number of methoxy groups -OCH3 is 1. The van der Waals surface area contributed by atoms with Gasteiger partial charge in [0.1, 0.15) is 6.17 Å². The van der Waals surface area contributed by atoms with Crippen LogP contribution in [0.5, 0.6) is 11.5 Å². The molecule has 0 saturated carbocycles. The lowest BCUT2D eigenvalue weighted by Crippen LogP contribution is -2.38. The second-order valence-corrected chi connectivity index (χ2v) is 4.91. The van der Waals surface area contributed by atoms with Crippen molar-refractivity contribution >= 4 is 11.6 Å². The van der Waals surface area contributed by atoms with E-state index >= 15 is 0 Å². The molecule has 22 heavy (non-hydrogen) atoms. The van der Waals surface area contributed by atoms with Gasteiger partial charge in [0.15, 0.2) is 11.5 Å². The molecule has 0 bridgehead atoms. The normalized spacial score (nSPS) is 16.3. The van der Waals surface area contributed by atoms with Crippen molar-refractivity contribution in [1.29, 1.82) is 0 Å². The number of nitrogens with one attached hydrogen (secondary N) is 2. The van der Waals surface area contributed by atoms with Crippen LogP contribution in [-0.4, -0.2) is 19.6 Å². The number of ether oxygens (including phenoxy) is 2. The molecule has 0 fully saturated rings. The third kappa shape index (κ3) is 2.45. The van der Waals surface area contributed by atoms with E-state index < -0.39 is 0 Å². The molecule has 3 rings (SSSR count). The van der Waals surface area contributed by atoms with Gasteiger partial charge in [-0.3, -0.25) is 4.79 Å². The van der Waals surface area contributed by atoms with Gasteiger partial charge in [-0.25, -0.2) is 0 Å². The first-order valence-electron chi connectivity index (χ1n) is 7.20. The van der Waals surface area contributed by atoms with Gasteiger partial charge in [0.25, 0.3) is 5.91 Å². The molecule has 114 valence electrons. The van der Waals surface area contributed by atoms with E-state index in [2.05, 4.69) is 10.6 Å². The summed E-state index contributed by atoms with van der Waals surface area (Å²) in [6, 6.07) is 13.1. The Kier molecular flexibility index (Phi) is 3.87. The van der Waals surface area contributed by atoms with Crippen LogP contribution in [0.15, 0.2) is 42.5 Å². The van der Waals surface area contributed by atoms with Crippen LogP contribution in [0.25, 0.3) is 0 Å². The fourth-order valence-corrected chi connectivity index (χ4v) is 2.58. The second-order valence-electron chi connectivity index (χ2n) is 4.91. The Hall–Kier alpha value is -2.69. The molecule has 1 amide bonds. The van der Waals surface area contributed by atoms with Crippen LogP contribution in [-0.2, 0) is 0 Å². The maximum atomic E-state index is 12.3. The van der Waals surface area contributed by atoms with Crippen molar-refractivity contribution < 1.29 is 14.3 Å². The Balaban J connectivity index is 2.01. The Labute approximate surface area is 129 Å². The molecule has 1 aliphatic rings. The van der Waals surface area contributed by atoms with Crippen LogP contribution in [0.3, 0.4) is 0 Å². The van der Waals surface area contributed by atoms with Gasteiger partial charge in [0, 0.05) is 11.3 Å². The number of para-hydroxylation sites is 2. The number of rotatable bonds is 4. The van der Waals surface area contributed by atoms with Gasteiger partial charge < -0.3 is 20.1 Å². The molecular formula is C17H18N2O3. The maximum Gasteiger partial charge on any atom is 0.255 e. The fraction of sp³-hybridized carbons (Fsp3) is 0.235. The summed E-state index contributed by atoms with van der Waals surface area (Å²) >= 11 is 0. The van der Waals surface area contributed by atoms with Crippen LogP contribution >= 0.6 is 0 Å². The minimum Gasteiger partial charge on any atom is -0.493 e. The summed E-state index contributed by atoms with van der Waals surface area (Å²) < 4.78 is 11.1. The van der Waals surface area contributed by atoms with E-state index in [0.29, 0.717) is 23.7 Å². The average Bonchev–Trinajstić information content (AvgIpc) is 2.55. The first kappa shape index (κ1) is 14.3. The van der Waals surface area contributed by atoms with Crippen molar-refractivity contribution in [3.05, 3.63) is 53.6 Å². The summed E-state index contributed by atoms with van der Waals surface area (Å²) in [6.07, 6.45) is -0.362. The zero-order valence-electron chi connectivity index (χ0n) is 12.6. The van der Waals surface area contributed by atoms with Crippen LogP contribution < -0.4 is 20.1 Å². The van der Waals surface area contributed by atoms with Gasteiger partial charge in [0.2, 0.25) is 0 Å². The average molecular weight is 298 g/mol. The van der Waals surface area contributed by atoms with Gasteiger partial charge >= 0.3 is 0 Å². The van der Waals surface area contributed by atoms with Gasteiger partial charge in [-0.15, -0.1) is 0 Å². The van der Waals surface area contributed by atoms with E-state index in [1.54, 1.807) is 13.2 Å². The first-order chi connectivity index (χ1) is 10.7. The SMILES string of the molecule is CCOc1c(OC)cccc1[C@@H]1NC(=O)c2ccccc2N1. The third-order valence-corrected chi connectivity index (χ3v) is 3.58. The van der Waals surface area contributed by atoms with Gasteiger partial charge in [-0.2, -0.15) is 0 Å². The summed E-state index contributed by atoms with van der Waals surface area (Å²) in [5.41, 5.74) is 2.28. The Morgan fingerprint density at radius 3 is 2.68 bits per heavy atom. The highest BCUT2D eigenvalue weighted by molar-refractivity contribution is 6.01. The molecule has 2 aromatic rings. The monoisotopic (exact) mass is 298 g/mol. The number of anilines is 1. The number of carbonyl (C=O) groups is 1. The van der Waals surface area contributed by atoms with E-state index in [1.807, 2.05) is 43.3 Å². The van der Waals surface area contributed by atoms with E-state index in [9.17, 15) is 4.79 Å². The number of hydrogen-bond acceptors (Lipinski definition) is 4. The van der Waals surface area contributed by atoms with E-state index in [4.69, 9.17) is 9.47 Å². The third-order valence-electron chi connectivity index (χ3n) is 3.58. The van der Waals surface area contributed by atoms with Crippen molar-refractivity contribution in [3.63, 3.8) is 0 Å². The summed E-state index contributed by atoms with van der Waals surface area (Å²) in [5, 5.41) is 6.28. The Morgan fingerprint density at radius 1 is 1.09 bits per heavy atom. The summed E-state index contributed by atoms with van der Waals surface area (Å²) in [6.45, 7) is 2.43. The Bertz CT molecular complexity index is 700. The fourth-order valence-electron chi connectivity index (χ4n) is 2.58. The molecule has 2 N–H and O–H groups in total. The molecule has 1 aliphatic heterocycles. The van der Waals surface area contributed by atoms with Crippen molar-refractivity contribution in [1.82, 2.24) is 5.32 Å². The molecule has 0 spiro atoms. The lowest BCUT2D eigenvalue weighted by atomic mass is 10.0. The van der Waals surface area contributed by atoms with Crippen LogP contribution in [0.2, 0.25) is 0 Å². The molecular weight excluding hydrogens is 280 g/mol. The van der Waals surface area contributed by atoms with Gasteiger partial charge in [-0.05, 0) is 25.1 Å². The van der Waals surface area contributed by atoms with Gasteiger partial charge in [0.05, 0.1) is 19.3 Å². The minimum atomic E-state index is -0.362. The quantitative estimate of drug-likeness (QED) is 0.911. The number of amides is 1. The lowest BCUT2D eigenvalue weighted by Gasteiger charge is -2.29. The minimum absolute atomic E-state index is 0.107. The number of fused-ring (bicyclic) bond motifs is 1. The number of benzene rings is 2. The van der Waals surface area contributed by atoms with Crippen molar-refractivity contribution in [3.8, 4) is 11.5 Å². The predicted molar refractivity (Wildman–Crippen MR) is 84.4 cm³/mol. The summed E-state index contributed by atoms with van der Waals surface area (Å²) in [7, 11) is 1.60. The predicted octanol–water partition coefficient (Wildman–Crippen LogP) is 2.95. The van der Waals surface area contributed by atoms with Crippen LogP contribution in [0.1, 0.15) is 29.0 Å². The summed E-state index contributed by atoms with van der Waals surface area (Å²) in [5.74, 6) is 1.18. The maximum absolute atomic E-state index is 12.3. The van der Waals surface area contributed by atoms with Crippen LogP contribution in [0.4, 0.5) is 5.69 Å². The molecule has 5 nitrogen and oxygen atoms in total. The van der Waals surface area contributed by atoms with Crippen molar-refractivity contribution in [2.45, 2.75) is 13.1 Å². The first-order valence-corrected chi connectivity index (χ1v) is 7.20. The smallest absolute Gasteiger partial charge is 0.255 e. The zero-order chi connectivity index (χ0) is 15.5. The standard InChI is InChI=1S/C17H18N2O3/c1-3-22-15-12(8-6-10-14(15)21-2)16-18-13-9-5-4-7-11(13)17(20)19-16/h4-10,16,18H,3H2,1-2H3,(H,19,20)/t16-/m0/s1. The molecule has 0 saturated heterocycles. The molecule has 0 unspecified atom stereocenters. The summed E-state index contributed by atoms with van der Waals surface area (Å²) in [4.78, 5) is 12.3. The zero-order valence-corrected chi connectivity index (χ0v) is 12.6. The van der Waals surface area contributed by atoms with Gasteiger partial charge in [-0.1, -0.05) is 24.3 Å². The number of carbonyl (C=O) groups excluding carboxylic acids is 1. The topological polar surface area (TPSA) is 59.6 Å². The second kappa shape index (κ2) is 5.97. The van der Waals surface area contributed by atoms with Crippen molar-refractivity contribution in [2.75, 3.05) is 19.0 Å². The van der Waals surface area contributed by atoms with Crippen LogP contribution in [0, 0.1) is 0 Å². The lowest BCUT2D eigenvalue weighted by molar-refractivity contribution is 0.0935. The Morgan fingerprint density at radius 2 is 1.91 bits per heavy atom. The highest BCUT2D eigenvalue weighted by Crippen LogP contribution is 2.37. The molecule has 0 aromatic heterocycles. The molecule has 2 aromatic carbocycles. The highest BCUT2D eigenvalue weighted by atomic mass is 16.5. The molecule has 1 atom stereocenters. The highest BCUT2D eigenvalue weighted by Gasteiger charge is 2.27. The molecule has 0 radical (unpaired) electrons. The van der Waals surface area contributed by atoms with Crippen molar-refractivity contribution in [2.24, 2.45) is 0 Å². The number of hydrogen-bond donors (Lipinski definition) is 2. The van der Waals surface area contributed by atoms with E-state index in [1.165, 1.54) is 0 Å². The van der Waals surface area contributed by atoms with E-state index in [0.717, 1.165) is 11.3 Å². The largest absolute Gasteiger partial charge is 0.493 e. The van der Waals surface area contributed by atoms with E-state index in [-0.39, 0.29) is 12.1 Å².